The number of carbonyl (C=O) groups is 1. The molecule has 2 fully saturated rings. The van der Waals surface area contributed by atoms with Crippen LogP contribution in [0.4, 0.5) is 9.18 Å². The number of urea groups is 1. The van der Waals surface area contributed by atoms with E-state index >= 15 is 0 Å². The summed E-state index contributed by atoms with van der Waals surface area (Å²) < 4.78 is 15.8. The normalized spacial score (nSPS) is 19.4. The molecule has 0 bridgehead atoms. The topological polar surface area (TPSA) is 40.5 Å². The minimum atomic E-state index is -0.199. The van der Waals surface area contributed by atoms with Crippen molar-refractivity contribution in [2.75, 3.05) is 39.3 Å². The fourth-order valence-electron chi connectivity index (χ4n) is 5.91. The van der Waals surface area contributed by atoms with Gasteiger partial charge in [0.15, 0.2) is 0 Å². The fourth-order valence-corrected chi connectivity index (χ4v) is 5.91. The highest BCUT2D eigenvalue weighted by atomic mass is 19.1. The third-order valence-electron chi connectivity index (χ3n) is 7.81. The van der Waals surface area contributed by atoms with E-state index in [1.165, 1.54) is 40.4 Å². The van der Waals surface area contributed by atoms with E-state index in [2.05, 4.69) is 33.1 Å². The molecule has 33 heavy (non-hydrogen) atoms. The second kappa shape index (κ2) is 8.49. The number of halogens is 1. The van der Waals surface area contributed by atoms with Gasteiger partial charge in [0.05, 0.1) is 5.52 Å². The number of nitrogens with one attached hydrogen (secondary N) is 1. The van der Waals surface area contributed by atoms with Crippen LogP contribution in [0, 0.1) is 5.82 Å². The average molecular weight is 447 g/mol. The van der Waals surface area contributed by atoms with Crippen LogP contribution in [0.3, 0.4) is 0 Å². The molecule has 0 unspecified atom stereocenters. The number of benzene rings is 2. The van der Waals surface area contributed by atoms with Gasteiger partial charge in [-0.1, -0.05) is 0 Å². The highest BCUT2D eigenvalue weighted by molar-refractivity contribution is 5.88. The molecule has 3 heterocycles. The lowest BCUT2D eigenvalue weighted by atomic mass is 9.88. The van der Waals surface area contributed by atoms with Crippen LogP contribution in [0.1, 0.15) is 41.9 Å². The van der Waals surface area contributed by atoms with Crippen molar-refractivity contribution in [2.24, 2.45) is 0 Å². The predicted molar refractivity (Wildman–Crippen MR) is 129 cm³/mol. The second-order valence-corrected chi connectivity index (χ2v) is 9.76. The lowest BCUT2D eigenvalue weighted by Crippen LogP contribution is -2.40. The maximum atomic E-state index is 13.6. The largest absolute Gasteiger partial charge is 0.336 e. The number of likely N-dealkylation sites (tertiary alicyclic amines) is 1. The molecule has 5 nitrogen and oxygen atoms in total. The Balaban J connectivity index is 1.25. The molecule has 1 aliphatic carbocycles. The highest BCUT2D eigenvalue weighted by Gasteiger charge is 2.26. The number of hydrogen-bond donors (Lipinski definition) is 1. The molecule has 2 aromatic carbocycles. The Morgan fingerprint density at radius 1 is 0.970 bits per heavy atom. The summed E-state index contributed by atoms with van der Waals surface area (Å²) in [4.78, 5) is 16.2. The number of hydrogen-bond acceptors (Lipinski definition) is 2. The third kappa shape index (κ3) is 3.90. The first-order valence-corrected chi connectivity index (χ1v) is 12.3. The SMILES string of the molecule is O=C1NCCN1CCN1CCC(c2cn(-c3ccc(F)cc3)c3cc4c(cc23)CCC4)CC1. The van der Waals surface area contributed by atoms with Crippen LogP contribution in [-0.2, 0) is 12.8 Å². The molecule has 6 rings (SSSR count). The molecule has 6 heteroatoms. The minimum absolute atomic E-state index is 0.0750. The van der Waals surface area contributed by atoms with Crippen molar-refractivity contribution in [3.05, 3.63) is 65.1 Å². The van der Waals surface area contributed by atoms with Crippen molar-refractivity contribution in [2.45, 2.75) is 38.0 Å². The standard InChI is InChI=1S/C27H31FN4O/c28-22-4-6-23(7-5-22)32-18-25(24-16-20-2-1-3-21(20)17-26(24)32)19-8-11-30(12-9-19)14-15-31-13-10-29-27(31)33/h4-7,16-19H,1-3,8-15H2,(H,29,33). The molecule has 2 aliphatic heterocycles. The molecule has 1 N–H and O–H groups in total. The van der Waals surface area contributed by atoms with E-state index in [1.54, 1.807) is 12.1 Å². The van der Waals surface area contributed by atoms with Crippen LogP contribution in [0.15, 0.2) is 42.6 Å². The maximum Gasteiger partial charge on any atom is 0.317 e. The van der Waals surface area contributed by atoms with Crippen molar-refractivity contribution in [3.8, 4) is 5.69 Å². The van der Waals surface area contributed by atoms with Crippen LogP contribution in [0.2, 0.25) is 0 Å². The first kappa shape index (κ1) is 20.7. The van der Waals surface area contributed by atoms with Crippen LogP contribution in [0.5, 0.6) is 0 Å². The number of aryl methyl sites for hydroxylation is 2. The molecule has 3 aliphatic rings. The molecular formula is C27H31FN4O. The Bertz CT molecular complexity index is 1180. The summed E-state index contributed by atoms with van der Waals surface area (Å²) in [6, 6.07) is 11.7. The van der Waals surface area contributed by atoms with Crippen molar-refractivity contribution in [1.82, 2.24) is 19.7 Å². The monoisotopic (exact) mass is 446 g/mol. The van der Waals surface area contributed by atoms with Gasteiger partial charge in [-0.05, 0) is 104 Å². The minimum Gasteiger partial charge on any atom is -0.336 e. The van der Waals surface area contributed by atoms with Crippen molar-refractivity contribution < 1.29 is 9.18 Å². The Morgan fingerprint density at radius 2 is 1.73 bits per heavy atom. The van der Waals surface area contributed by atoms with E-state index in [-0.39, 0.29) is 11.8 Å². The second-order valence-electron chi connectivity index (χ2n) is 9.76. The molecule has 0 atom stereocenters. The van der Waals surface area contributed by atoms with E-state index < -0.39 is 0 Å². The molecule has 2 saturated heterocycles. The summed E-state index contributed by atoms with van der Waals surface area (Å²) in [7, 11) is 0. The van der Waals surface area contributed by atoms with Crippen LogP contribution in [-0.4, -0.2) is 59.7 Å². The van der Waals surface area contributed by atoms with Gasteiger partial charge in [0.1, 0.15) is 5.82 Å². The molecule has 2 amide bonds. The number of fused-ring (bicyclic) bond motifs is 2. The van der Waals surface area contributed by atoms with Crippen LogP contribution < -0.4 is 5.32 Å². The summed E-state index contributed by atoms with van der Waals surface area (Å²) in [5, 5.41) is 4.25. The van der Waals surface area contributed by atoms with Crippen LogP contribution in [0.25, 0.3) is 16.6 Å². The third-order valence-corrected chi connectivity index (χ3v) is 7.81. The van der Waals surface area contributed by atoms with Crippen LogP contribution >= 0.6 is 0 Å². The number of piperidine rings is 1. The quantitative estimate of drug-likeness (QED) is 0.629. The Labute approximate surface area is 194 Å². The van der Waals surface area contributed by atoms with Gasteiger partial charge in [0.2, 0.25) is 0 Å². The zero-order valence-corrected chi connectivity index (χ0v) is 19.0. The van der Waals surface area contributed by atoms with E-state index in [0.29, 0.717) is 5.92 Å². The molecule has 3 aromatic rings. The lowest BCUT2D eigenvalue weighted by molar-refractivity contribution is 0.181. The summed E-state index contributed by atoms with van der Waals surface area (Å²) in [5.41, 5.74) is 6.67. The summed E-state index contributed by atoms with van der Waals surface area (Å²) in [6.07, 6.45) is 8.14. The lowest BCUT2D eigenvalue weighted by Gasteiger charge is -2.32. The average Bonchev–Trinajstić information content (AvgIpc) is 3.55. The van der Waals surface area contributed by atoms with Crippen molar-refractivity contribution in [1.29, 1.82) is 0 Å². The van der Waals surface area contributed by atoms with Gasteiger partial charge in [-0.2, -0.15) is 0 Å². The Hall–Kier alpha value is -2.86. The fraction of sp³-hybridized carbons (Fsp3) is 0.444. The molecule has 0 radical (unpaired) electrons. The molecule has 0 spiro atoms. The van der Waals surface area contributed by atoms with E-state index in [4.69, 9.17) is 0 Å². The van der Waals surface area contributed by atoms with Crippen molar-refractivity contribution >= 4 is 16.9 Å². The molecule has 1 aromatic heterocycles. The van der Waals surface area contributed by atoms with E-state index in [9.17, 15) is 9.18 Å². The van der Waals surface area contributed by atoms with Gasteiger partial charge in [-0.15, -0.1) is 0 Å². The Kier molecular flexibility index (Phi) is 5.33. The summed E-state index contributed by atoms with van der Waals surface area (Å²) in [6.45, 7) is 5.48. The Morgan fingerprint density at radius 3 is 2.45 bits per heavy atom. The summed E-state index contributed by atoms with van der Waals surface area (Å²) >= 11 is 0. The number of aromatic nitrogens is 1. The number of amides is 2. The van der Waals surface area contributed by atoms with Gasteiger partial charge >= 0.3 is 6.03 Å². The zero-order valence-electron chi connectivity index (χ0n) is 19.0. The zero-order chi connectivity index (χ0) is 22.4. The number of rotatable bonds is 5. The maximum absolute atomic E-state index is 13.6. The molecular weight excluding hydrogens is 415 g/mol. The molecule has 172 valence electrons. The van der Waals surface area contributed by atoms with Gasteiger partial charge < -0.3 is 19.7 Å². The van der Waals surface area contributed by atoms with Gasteiger partial charge in [-0.3, -0.25) is 0 Å². The number of nitrogens with zero attached hydrogens (tertiary/aromatic N) is 3. The van der Waals surface area contributed by atoms with E-state index in [1.807, 2.05) is 17.0 Å². The van der Waals surface area contributed by atoms with E-state index in [0.717, 1.165) is 64.2 Å². The van der Waals surface area contributed by atoms with Crippen molar-refractivity contribution in [3.63, 3.8) is 0 Å². The smallest absolute Gasteiger partial charge is 0.317 e. The van der Waals surface area contributed by atoms with Gasteiger partial charge in [0, 0.05) is 43.4 Å². The first-order valence-electron chi connectivity index (χ1n) is 12.3. The first-order chi connectivity index (χ1) is 16.2. The van der Waals surface area contributed by atoms with Gasteiger partial charge in [-0.25, -0.2) is 9.18 Å². The highest BCUT2D eigenvalue weighted by Crippen LogP contribution is 2.38. The van der Waals surface area contributed by atoms with Gasteiger partial charge in [0.25, 0.3) is 0 Å². The molecule has 0 saturated carbocycles. The summed E-state index contributed by atoms with van der Waals surface area (Å²) in [5.74, 6) is 0.329. The number of carbonyl (C=O) groups excluding carboxylic acids is 1. The predicted octanol–water partition coefficient (Wildman–Crippen LogP) is 4.46.